The van der Waals surface area contributed by atoms with Crippen LogP contribution in [0.25, 0.3) is 0 Å². The molecule has 0 bridgehead atoms. The minimum atomic E-state index is 0.560. The van der Waals surface area contributed by atoms with Gasteiger partial charge in [-0.15, -0.1) is 0 Å². The first-order chi connectivity index (χ1) is 9.65. The number of piperidine rings is 1. The number of hydrogen-bond donors (Lipinski definition) is 1. The van der Waals surface area contributed by atoms with E-state index in [1.807, 2.05) is 0 Å². The van der Waals surface area contributed by atoms with Crippen molar-refractivity contribution >= 4 is 0 Å². The maximum absolute atomic E-state index is 3.68. The molecule has 2 heteroatoms. The van der Waals surface area contributed by atoms with Gasteiger partial charge in [0.15, 0.2) is 0 Å². The second-order valence-electron chi connectivity index (χ2n) is 7.79. The Morgan fingerprint density at radius 2 is 1.95 bits per heavy atom. The van der Waals surface area contributed by atoms with E-state index in [-0.39, 0.29) is 0 Å². The molecule has 1 atom stereocenters. The van der Waals surface area contributed by atoms with Crippen LogP contribution >= 0.6 is 0 Å². The summed E-state index contributed by atoms with van der Waals surface area (Å²) in [7, 11) is 0. The standard InChI is InChI=1S/C18H36N2/c1-4-10-18(11-7-12-19-14-18)15-20(13-16(2)3)17-8-5-6-9-17/h16-17,19H,4-15H2,1-3H3. The van der Waals surface area contributed by atoms with Crippen LogP contribution in [0.15, 0.2) is 0 Å². The van der Waals surface area contributed by atoms with E-state index < -0.39 is 0 Å². The third-order valence-electron chi connectivity index (χ3n) is 5.32. The zero-order chi connectivity index (χ0) is 14.4. The number of rotatable bonds is 7. The molecule has 0 aromatic rings. The van der Waals surface area contributed by atoms with Gasteiger partial charge in [0, 0.05) is 25.7 Å². The normalized spacial score (nSPS) is 28.6. The largest absolute Gasteiger partial charge is 0.316 e. The number of nitrogens with one attached hydrogen (secondary N) is 1. The summed E-state index contributed by atoms with van der Waals surface area (Å²) in [5, 5.41) is 3.68. The van der Waals surface area contributed by atoms with Crippen molar-refractivity contribution in [1.29, 1.82) is 0 Å². The zero-order valence-corrected chi connectivity index (χ0v) is 14.1. The van der Waals surface area contributed by atoms with Crippen molar-refractivity contribution in [3.05, 3.63) is 0 Å². The van der Waals surface area contributed by atoms with Gasteiger partial charge in [-0.2, -0.15) is 0 Å². The van der Waals surface area contributed by atoms with Crippen LogP contribution in [0.5, 0.6) is 0 Å². The van der Waals surface area contributed by atoms with Crippen molar-refractivity contribution in [2.75, 3.05) is 26.2 Å². The highest BCUT2D eigenvalue weighted by molar-refractivity contribution is 4.91. The van der Waals surface area contributed by atoms with Gasteiger partial charge in [0.25, 0.3) is 0 Å². The summed E-state index contributed by atoms with van der Waals surface area (Å²) in [5.74, 6) is 0.797. The molecule has 118 valence electrons. The van der Waals surface area contributed by atoms with Gasteiger partial charge in [0.1, 0.15) is 0 Å². The van der Waals surface area contributed by atoms with E-state index in [1.165, 1.54) is 77.5 Å². The molecule has 0 radical (unpaired) electrons. The van der Waals surface area contributed by atoms with Gasteiger partial charge in [-0.3, -0.25) is 4.90 Å². The summed E-state index contributed by atoms with van der Waals surface area (Å²) in [5.41, 5.74) is 0.560. The van der Waals surface area contributed by atoms with Gasteiger partial charge in [0.05, 0.1) is 0 Å². The van der Waals surface area contributed by atoms with Crippen LogP contribution in [-0.4, -0.2) is 37.1 Å². The van der Waals surface area contributed by atoms with Gasteiger partial charge < -0.3 is 5.32 Å². The lowest BCUT2D eigenvalue weighted by Crippen LogP contribution is -2.50. The van der Waals surface area contributed by atoms with E-state index in [9.17, 15) is 0 Å². The molecular weight excluding hydrogens is 244 g/mol. The van der Waals surface area contributed by atoms with Gasteiger partial charge in [-0.05, 0) is 50.0 Å². The average Bonchev–Trinajstić information content (AvgIpc) is 2.92. The van der Waals surface area contributed by atoms with Crippen LogP contribution < -0.4 is 5.32 Å². The lowest BCUT2D eigenvalue weighted by molar-refractivity contribution is 0.0697. The molecule has 2 nitrogen and oxygen atoms in total. The van der Waals surface area contributed by atoms with Crippen LogP contribution in [0.2, 0.25) is 0 Å². The molecule has 1 N–H and O–H groups in total. The first-order valence-corrected chi connectivity index (χ1v) is 9.10. The predicted molar refractivity (Wildman–Crippen MR) is 88.1 cm³/mol. The molecule has 2 fully saturated rings. The first-order valence-electron chi connectivity index (χ1n) is 9.10. The fourth-order valence-corrected chi connectivity index (χ4v) is 4.50. The Morgan fingerprint density at radius 3 is 2.50 bits per heavy atom. The Hall–Kier alpha value is -0.0800. The fourth-order valence-electron chi connectivity index (χ4n) is 4.50. The van der Waals surface area contributed by atoms with Crippen LogP contribution in [0.3, 0.4) is 0 Å². The smallest absolute Gasteiger partial charge is 0.00956 e. The highest BCUT2D eigenvalue weighted by Crippen LogP contribution is 2.35. The Bertz CT molecular complexity index is 257. The van der Waals surface area contributed by atoms with Crippen molar-refractivity contribution in [1.82, 2.24) is 10.2 Å². The van der Waals surface area contributed by atoms with E-state index >= 15 is 0 Å². The van der Waals surface area contributed by atoms with Crippen molar-refractivity contribution in [2.24, 2.45) is 11.3 Å². The molecule has 1 aliphatic heterocycles. The van der Waals surface area contributed by atoms with Crippen LogP contribution in [0, 0.1) is 11.3 Å². The molecule has 2 rings (SSSR count). The maximum Gasteiger partial charge on any atom is 0.00956 e. The van der Waals surface area contributed by atoms with Crippen molar-refractivity contribution in [3.8, 4) is 0 Å². The highest BCUT2D eigenvalue weighted by Gasteiger charge is 2.35. The number of nitrogens with zero attached hydrogens (tertiary/aromatic N) is 1. The summed E-state index contributed by atoms with van der Waals surface area (Å²) in [6, 6.07) is 0.882. The minimum absolute atomic E-state index is 0.560. The minimum Gasteiger partial charge on any atom is -0.316 e. The van der Waals surface area contributed by atoms with Crippen molar-refractivity contribution < 1.29 is 0 Å². The van der Waals surface area contributed by atoms with Gasteiger partial charge in [-0.25, -0.2) is 0 Å². The summed E-state index contributed by atoms with van der Waals surface area (Å²) in [6.07, 6.45) is 11.4. The molecule has 0 amide bonds. The summed E-state index contributed by atoms with van der Waals surface area (Å²) < 4.78 is 0. The highest BCUT2D eigenvalue weighted by atomic mass is 15.2. The second-order valence-corrected chi connectivity index (χ2v) is 7.79. The SMILES string of the molecule is CCCC1(CN(CC(C)C)C2CCCC2)CCCNC1. The average molecular weight is 280 g/mol. The third kappa shape index (κ3) is 4.46. The van der Waals surface area contributed by atoms with E-state index in [0.717, 1.165) is 12.0 Å². The molecule has 1 saturated heterocycles. The lowest BCUT2D eigenvalue weighted by atomic mass is 9.76. The van der Waals surface area contributed by atoms with Crippen LogP contribution in [-0.2, 0) is 0 Å². The van der Waals surface area contributed by atoms with E-state index in [0.29, 0.717) is 5.41 Å². The molecule has 2 aliphatic rings. The van der Waals surface area contributed by atoms with Crippen molar-refractivity contribution in [2.45, 2.75) is 78.2 Å². The Labute approximate surface area is 126 Å². The summed E-state index contributed by atoms with van der Waals surface area (Å²) >= 11 is 0. The summed E-state index contributed by atoms with van der Waals surface area (Å²) in [6.45, 7) is 12.3. The van der Waals surface area contributed by atoms with Gasteiger partial charge in [0.2, 0.25) is 0 Å². The van der Waals surface area contributed by atoms with E-state index in [4.69, 9.17) is 0 Å². The first kappa shape index (κ1) is 16.3. The topological polar surface area (TPSA) is 15.3 Å². The fraction of sp³-hybridized carbons (Fsp3) is 1.00. The summed E-state index contributed by atoms with van der Waals surface area (Å²) in [4.78, 5) is 2.88. The van der Waals surface area contributed by atoms with Crippen molar-refractivity contribution in [3.63, 3.8) is 0 Å². The number of hydrogen-bond acceptors (Lipinski definition) is 2. The van der Waals surface area contributed by atoms with Crippen LogP contribution in [0.1, 0.15) is 72.1 Å². The quantitative estimate of drug-likeness (QED) is 0.756. The van der Waals surface area contributed by atoms with Gasteiger partial charge in [-0.1, -0.05) is 40.0 Å². The Morgan fingerprint density at radius 1 is 1.20 bits per heavy atom. The predicted octanol–water partition coefficient (Wildman–Crippen LogP) is 4.06. The molecule has 1 unspecified atom stereocenters. The van der Waals surface area contributed by atoms with Gasteiger partial charge >= 0.3 is 0 Å². The van der Waals surface area contributed by atoms with E-state index in [1.54, 1.807) is 0 Å². The van der Waals surface area contributed by atoms with E-state index in [2.05, 4.69) is 31.0 Å². The molecule has 0 aromatic heterocycles. The maximum atomic E-state index is 3.68. The van der Waals surface area contributed by atoms with Crippen LogP contribution in [0.4, 0.5) is 0 Å². The molecule has 1 saturated carbocycles. The lowest BCUT2D eigenvalue weighted by Gasteiger charge is -2.44. The Kier molecular flexibility index (Phi) is 6.35. The third-order valence-corrected chi connectivity index (χ3v) is 5.32. The molecule has 0 spiro atoms. The monoisotopic (exact) mass is 280 g/mol. The molecule has 0 aromatic carbocycles. The molecule has 20 heavy (non-hydrogen) atoms. The molecule has 1 aliphatic carbocycles. The second kappa shape index (κ2) is 7.79. The molecule has 1 heterocycles. The zero-order valence-electron chi connectivity index (χ0n) is 14.1. The Balaban J connectivity index is 2.02. The molecular formula is C18H36N2.